The van der Waals surface area contributed by atoms with Gasteiger partial charge in [-0.3, -0.25) is 0 Å². The number of sulfone groups is 1. The van der Waals surface area contributed by atoms with Crippen molar-refractivity contribution in [3.8, 4) is 0 Å². The predicted octanol–water partition coefficient (Wildman–Crippen LogP) is 1.10. The van der Waals surface area contributed by atoms with Gasteiger partial charge >= 0.3 is 12.1 Å². The maximum Gasteiger partial charge on any atom is 0.409 e. The van der Waals surface area contributed by atoms with E-state index in [0.717, 1.165) is 11.4 Å². The number of nitrogens with one attached hydrogen (secondary N) is 1. The number of nitrogens with zero attached hydrogens (tertiary/aromatic N) is 5. The minimum absolute atomic E-state index is 0.0190. The van der Waals surface area contributed by atoms with Crippen LogP contribution in [-0.4, -0.2) is 107 Å². The highest BCUT2D eigenvalue weighted by atomic mass is 35.5. The fraction of sp³-hybridized carbons (Fsp3) is 0.810. The molecule has 34 heavy (non-hydrogen) atoms. The van der Waals surface area contributed by atoms with Gasteiger partial charge in [-0.1, -0.05) is 0 Å². The van der Waals surface area contributed by atoms with E-state index in [-0.39, 0.29) is 41.9 Å². The molecule has 0 spiro atoms. The molecule has 11 nitrogen and oxygen atoms in total. The number of aromatic amines is 1. The van der Waals surface area contributed by atoms with Gasteiger partial charge in [0.05, 0.1) is 24.1 Å². The van der Waals surface area contributed by atoms with Crippen molar-refractivity contribution < 1.29 is 22.7 Å². The molecule has 1 N–H and O–H groups in total. The lowest BCUT2D eigenvalue weighted by Crippen LogP contribution is -2.45. The highest BCUT2D eigenvalue weighted by Crippen LogP contribution is 2.34. The summed E-state index contributed by atoms with van der Waals surface area (Å²) in [6.45, 7) is 3.67. The van der Waals surface area contributed by atoms with E-state index in [4.69, 9.17) is 16.3 Å². The number of hydrogen-bond acceptors (Lipinski definition) is 7. The number of halogens is 1. The summed E-state index contributed by atoms with van der Waals surface area (Å²) >= 11 is 6.27. The lowest BCUT2D eigenvalue weighted by Gasteiger charge is -2.31. The van der Waals surface area contributed by atoms with E-state index in [2.05, 4.69) is 15.4 Å². The Bertz CT molecular complexity index is 1040. The van der Waals surface area contributed by atoms with Gasteiger partial charge in [-0.05, 0) is 25.2 Å². The summed E-state index contributed by atoms with van der Waals surface area (Å²) < 4.78 is 29.4. The Morgan fingerprint density at radius 1 is 1.03 bits per heavy atom. The quantitative estimate of drug-likeness (QED) is 0.598. The highest BCUT2D eigenvalue weighted by Gasteiger charge is 2.45. The monoisotopic (exact) mass is 514 g/mol. The molecule has 3 aliphatic heterocycles. The molecule has 2 saturated heterocycles. The van der Waals surface area contributed by atoms with Crippen LogP contribution < -0.4 is 0 Å². The van der Waals surface area contributed by atoms with E-state index in [0.29, 0.717) is 65.0 Å². The molecule has 1 saturated carbocycles. The first-order valence-electron chi connectivity index (χ1n) is 11.8. The molecule has 1 aromatic heterocycles. The maximum atomic E-state index is 13.0. The van der Waals surface area contributed by atoms with E-state index in [1.54, 1.807) is 4.90 Å². The normalized spacial score (nSPS) is 31.4. The molecule has 3 amide bonds. The number of ether oxygens (including phenoxy) is 1. The van der Waals surface area contributed by atoms with Gasteiger partial charge in [0.25, 0.3) is 0 Å². The van der Waals surface area contributed by atoms with Gasteiger partial charge in [0.2, 0.25) is 0 Å². The summed E-state index contributed by atoms with van der Waals surface area (Å²) in [6, 6.07) is 0.0190. The molecule has 3 fully saturated rings. The van der Waals surface area contributed by atoms with Crippen molar-refractivity contribution in [2.45, 2.75) is 42.9 Å². The van der Waals surface area contributed by atoms with Crippen molar-refractivity contribution in [3.05, 3.63) is 11.4 Å². The largest absolute Gasteiger partial charge is 0.449 e. The van der Waals surface area contributed by atoms with Crippen LogP contribution >= 0.6 is 11.6 Å². The summed E-state index contributed by atoms with van der Waals surface area (Å²) in [5, 5.41) is 10.2. The van der Waals surface area contributed by atoms with E-state index in [1.165, 1.54) is 6.26 Å². The molecule has 5 atom stereocenters. The molecule has 5 unspecified atom stereocenters. The standard InChI is InChI=1S/C21H31ClN6O5S/c1-34(31,32)17-5-13(4-16(22)6-17)12-33-21(30)28-9-14-7-27(8-15(14)10-28)20(29)26-3-2-18-19(11-26)24-25-23-18/h13-17H,2-12H2,1H3,(H,23,24,25). The highest BCUT2D eigenvalue weighted by molar-refractivity contribution is 7.91. The second-order valence-corrected chi connectivity index (χ2v) is 13.1. The van der Waals surface area contributed by atoms with Crippen molar-refractivity contribution in [1.29, 1.82) is 0 Å². The molecule has 5 rings (SSSR count). The Morgan fingerprint density at radius 2 is 1.71 bits per heavy atom. The number of alkyl halides is 1. The summed E-state index contributed by atoms with van der Waals surface area (Å²) in [7, 11) is -3.17. The number of carbonyl (C=O) groups is 2. The number of carbonyl (C=O) groups excluding carboxylic acids is 2. The molecule has 1 aromatic rings. The zero-order valence-electron chi connectivity index (χ0n) is 19.2. The van der Waals surface area contributed by atoms with Gasteiger partial charge in [0, 0.05) is 62.6 Å². The topological polar surface area (TPSA) is 129 Å². The zero-order valence-corrected chi connectivity index (χ0v) is 20.8. The molecular formula is C21H31ClN6O5S. The summed E-state index contributed by atoms with van der Waals surface area (Å²) in [5.74, 6) is 0.422. The Kier molecular flexibility index (Phi) is 6.38. The van der Waals surface area contributed by atoms with Crippen LogP contribution in [0.2, 0.25) is 0 Å². The minimum atomic E-state index is -3.17. The lowest BCUT2D eigenvalue weighted by atomic mass is 9.89. The third-order valence-corrected chi connectivity index (χ3v) is 9.65. The van der Waals surface area contributed by atoms with Gasteiger partial charge in [-0.15, -0.1) is 11.6 Å². The molecular weight excluding hydrogens is 484 g/mol. The first kappa shape index (κ1) is 23.7. The SMILES string of the molecule is CS(=O)(=O)C1CC(Cl)CC(COC(=O)N2CC3CN(C(=O)N4CCc5n[nH]nc5C4)CC3C2)C1. The summed E-state index contributed by atoms with van der Waals surface area (Å²) in [6.07, 6.45) is 3.15. The van der Waals surface area contributed by atoms with E-state index >= 15 is 0 Å². The van der Waals surface area contributed by atoms with E-state index < -0.39 is 15.1 Å². The fourth-order valence-electron chi connectivity index (χ4n) is 5.84. The number of urea groups is 1. The number of fused-ring (bicyclic) bond motifs is 2. The smallest absolute Gasteiger partial charge is 0.409 e. The van der Waals surface area contributed by atoms with Crippen LogP contribution in [-0.2, 0) is 27.5 Å². The number of likely N-dealkylation sites (tertiary alicyclic amines) is 2. The van der Waals surface area contributed by atoms with Gasteiger partial charge in [-0.2, -0.15) is 15.4 Å². The summed E-state index contributed by atoms with van der Waals surface area (Å²) in [4.78, 5) is 31.1. The molecule has 4 aliphatic rings. The Balaban J connectivity index is 1.09. The van der Waals surface area contributed by atoms with Crippen LogP contribution in [0.4, 0.5) is 9.59 Å². The summed E-state index contributed by atoms with van der Waals surface area (Å²) in [5.41, 5.74) is 1.76. The van der Waals surface area contributed by atoms with Crippen molar-refractivity contribution in [2.75, 3.05) is 45.6 Å². The average Bonchev–Trinajstić information content (AvgIpc) is 3.50. The van der Waals surface area contributed by atoms with Crippen LogP contribution in [0.15, 0.2) is 0 Å². The van der Waals surface area contributed by atoms with Crippen LogP contribution in [0.5, 0.6) is 0 Å². The first-order chi connectivity index (χ1) is 16.2. The Labute approximate surface area is 204 Å². The predicted molar refractivity (Wildman–Crippen MR) is 123 cm³/mol. The number of hydrogen-bond donors (Lipinski definition) is 1. The molecule has 0 radical (unpaired) electrons. The second-order valence-electron chi connectivity index (χ2n) is 10.2. The number of aromatic nitrogens is 3. The minimum Gasteiger partial charge on any atom is -0.449 e. The van der Waals surface area contributed by atoms with Crippen molar-refractivity contribution in [3.63, 3.8) is 0 Å². The van der Waals surface area contributed by atoms with Gasteiger partial charge in [0.15, 0.2) is 0 Å². The van der Waals surface area contributed by atoms with Gasteiger partial charge in [0.1, 0.15) is 15.5 Å². The van der Waals surface area contributed by atoms with E-state index in [1.807, 2.05) is 9.80 Å². The molecule has 1 aliphatic carbocycles. The molecule has 0 bridgehead atoms. The van der Waals surface area contributed by atoms with Crippen molar-refractivity contribution in [1.82, 2.24) is 30.1 Å². The van der Waals surface area contributed by atoms with Crippen LogP contribution in [0.25, 0.3) is 0 Å². The van der Waals surface area contributed by atoms with Crippen molar-refractivity contribution in [2.24, 2.45) is 17.8 Å². The Hall–Kier alpha value is -2.08. The second kappa shape index (κ2) is 9.18. The van der Waals surface area contributed by atoms with Gasteiger partial charge < -0.3 is 19.4 Å². The molecule has 13 heteroatoms. The van der Waals surface area contributed by atoms with Crippen molar-refractivity contribution >= 4 is 33.6 Å². The zero-order chi connectivity index (χ0) is 24.0. The third-order valence-electron chi connectivity index (χ3n) is 7.70. The van der Waals surface area contributed by atoms with Crippen LogP contribution in [0.1, 0.15) is 30.7 Å². The third kappa shape index (κ3) is 4.84. The van der Waals surface area contributed by atoms with Gasteiger partial charge in [-0.25, -0.2) is 18.0 Å². The molecule has 4 heterocycles. The Morgan fingerprint density at radius 3 is 2.41 bits per heavy atom. The number of amides is 3. The lowest BCUT2D eigenvalue weighted by molar-refractivity contribution is 0.0840. The molecule has 0 aromatic carbocycles. The average molecular weight is 515 g/mol. The van der Waals surface area contributed by atoms with Crippen LogP contribution in [0.3, 0.4) is 0 Å². The number of rotatable bonds is 3. The molecule has 188 valence electrons. The fourth-order valence-corrected chi connectivity index (χ4v) is 7.61. The number of H-pyrrole nitrogens is 1. The van der Waals surface area contributed by atoms with Crippen LogP contribution in [0, 0.1) is 17.8 Å². The maximum absolute atomic E-state index is 13.0. The first-order valence-corrected chi connectivity index (χ1v) is 14.2. The van der Waals surface area contributed by atoms with E-state index in [9.17, 15) is 18.0 Å².